The van der Waals surface area contributed by atoms with E-state index in [2.05, 4.69) is 10.2 Å². The highest BCUT2D eigenvalue weighted by atomic mass is 19.4. The molecule has 0 amide bonds. The molecule has 0 radical (unpaired) electrons. The first-order valence-corrected chi connectivity index (χ1v) is 12.0. The minimum absolute atomic E-state index is 0.110. The van der Waals surface area contributed by atoms with Gasteiger partial charge in [-0.1, -0.05) is 30.3 Å². The van der Waals surface area contributed by atoms with Crippen LogP contribution in [0.15, 0.2) is 67.0 Å². The lowest BCUT2D eigenvalue weighted by atomic mass is 10.1. The third-order valence-electron chi connectivity index (χ3n) is 6.42. The van der Waals surface area contributed by atoms with Crippen LogP contribution >= 0.6 is 0 Å². The second-order valence-corrected chi connectivity index (χ2v) is 9.35. The molecule has 4 aromatic rings. The van der Waals surface area contributed by atoms with E-state index in [0.29, 0.717) is 23.6 Å². The molecule has 0 bridgehead atoms. The molecule has 0 spiro atoms. The van der Waals surface area contributed by atoms with Gasteiger partial charge in [-0.15, -0.1) is 0 Å². The maximum absolute atomic E-state index is 14.3. The molecule has 1 aliphatic carbocycles. The van der Waals surface area contributed by atoms with Crippen LogP contribution in [0.2, 0.25) is 0 Å². The van der Waals surface area contributed by atoms with Crippen molar-refractivity contribution in [2.75, 3.05) is 0 Å². The number of halogens is 4. The van der Waals surface area contributed by atoms with Gasteiger partial charge in [-0.25, -0.2) is 9.07 Å². The van der Waals surface area contributed by atoms with Gasteiger partial charge in [0, 0.05) is 23.9 Å². The first-order valence-electron chi connectivity index (χ1n) is 12.0. The maximum Gasteiger partial charge on any atom is 0.435 e. The molecule has 1 fully saturated rings. The van der Waals surface area contributed by atoms with Crippen LogP contribution in [0.3, 0.4) is 0 Å². The SMILES string of the molecule is C[C@@H](OCc1ccccc1)c1cc(F)ccc1-n1nc(C(F)(F)F)cc1C(O)c1cnn(CC2CC2)c1. The Labute approximate surface area is 211 Å². The highest BCUT2D eigenvalue weighted by molar-refractivity contribution is 5.45. The molecule has 0 aliphatic heterocycles. The monoisotopic (exact) mass is 514 g/mol. The molecule has 10 heteroatoms. The fraction of sp³-hybridized carbons (Fsp3) is 0.333. The number of hydrogen-bond donors (Lipinski definition) is 1. The summed E-state index contributed by atoms with van der Waals surface area (Å²) in [6.07, 6.45) is -1.58. The summed E-state index contributed by atoms with van der Waals surface area (Å²) in [6.45, 7) is 2.60. The van der Waals surface area contributed by atoms with Gasteiger partial charge in [0.25, 0.3) is 0 Å². The van der Waals surface area contributed by atoms with Crippen LogP contribution in [0.1, 0.15) is 60.1 Å². The molecular weight excluding hydrogens is 488 g/mol. The molecule has 2 atom stereocenters. The Morgan fingerprint density at radius 1 is 1.11 bits per heavy atom. The van der Waals surface area contributed by atoms with Crippen LogP contribution in [0.4, 0.5) is 17.6 Å². The maximum atomic E-state index is 14.3. The van der Waals surface area contributed by atoms with Crippen molar-refractivity contribution in [2.24, 2.45) is 5.92 Å². The van der Waals surface area contributed by atoms with Crippen LogP contribution in [0.5, 0.6) is 0 Å². The Morgan fingerprint density at radius 2 is 1.86 bits per heavy atom. The molecule has 1 aliphatic rings. The van der Waals surface area contributed by atoms with E-state index in [-0.39, 0.29) is 18.0 Å². The molecule has 1 unspecified atom stereocenters. The zero-order chi connectivity index (χ0) is 26.2. The van der Waals surface area contributed by atoms with Gasteiger partial charge in [-0.3, -0.25) is 4.68 Å². The van der Waals surface area contributed by atoms with E-state index in [1.165, 1.54) is 18.3 Å². The van der Waals surface area contributed by atoms with Gasteiger partial charge in [-0.05, 0) is 55.5 Å². The smallest absolute Gasteiger partial charge is 0.382 e. The lowest BCUT2D eigenvalue weighted by molar-refractivity contribution is -0.141. The number of rotatable bonds is 9. The Morgan fingerprint density at radius 3 is 2.57 bits per heavy atom. The number of aromatic nitrogens is 4. The van der Waals surface area contributed by atoms with Gasteiger partial charge in [0.05, 0.1) is 30.3 Å². The van der Waals surface area contributed by atoms with Crippen molar-refractivity contribution >= 4 is 0 Å². The van der Waals surface area contributed by atoms with Crippen LogP contribution in [-0.2, 0) is 24.1 Å². The van der Waals surface area contributed by atoms with Gasteiger partial charge in [-0.2, -0.15) is 23.4 Å². The van der Waals surface area contributed by atoms with Crippen molar-refractivity contribution in [2.45, 2.75) is 51.3 Å². The van der Waals surface area contributed by atoms with E-state index >= 15 is 0 Å². The molecule has 5 rings (SSSR count). The molecule has 37 heavy (non-hydrogen) atoms. The number of hydrogen-bond acceptors (Lipinski definition) is 4. The van der Waals surface area contributed by atoms with E-state index in [1.807, 2.05) is 30.3 Å². The summed E-state index contributed by atoms with van der Waals surface area (Å²) in [5, 5.41) is 19.2. The van der Waals surface area contributed by atoms with Crippen LogP contribution in [0, 0.1) is 11.7 Å². The van der Waals surface area contributed by atoms with E-state index in [4.69, 9.17) is 4.74 Å². The number of ether oxygens (including phenoxy) is 1. The number of aliphatic hydroxyl groups excluding tert-OH is 1. The average molecular weight is 515 g/mol. The topological polar surface area (TPSA) is 65.1 Å². The summed E-state index contributed by atoms with van der Waals surface area (Å²) in [6, 6.07) is 13.8. The average Bonchev–Trinajstić information content (AvgIpc) is 3.37. The Hall–Kier alpha value is -3.50. The normalized spacial score (nSPS) is 15.6. The second kappa shape index (κ2) is 10.1. The third kappa shape index (κ3) is 5.75. The zero-order valence-electron chi connectivity index (χ0n) is 20.1. The fourth-order valence-electron chi connectivity index (χ4n) is 4.21. The number of nitrogens with zero attached hydrogens (tertiary/aromatic N) is 4. The Kier molecular flexibility index (Phi) is 6.87. The number of aliphatic hydroxyl groups is 1. The van der Waals surface area contributed by atoms with Crippen LogP contribution in [-0.4, -0.2) is 24.7 Å². The van der Waals surface area contributed by atoms with Crippen molar-refractivity contribution in [3.63, 3.8) is 0 Å². The van der Waals surface area contributed by atoms with Crippen molar-refractivity contribution in [1.82, 2.24) is 19.6 Å². The molecule has 0 saturated heterocycles. The summed E-state index contributed by atoms with van der Waals surface area (Å²) in [5.41, 5.74) is 0.432. The third-order valence-corrected chi connectivity index (χ3v) is 6.42. The molecular formula is C27H26F4N4O2. The van der Waals surface area contributed by atoms with Crippen LogP contribution in [0.25, 0.3) is 5.69 Å². The summed E-state index contributed by atoms with van der Waals surface area (Å²) >= 11 is 0. The minimum Gasteiger partial charge on any atom is -0.382 e. The van der Waals surface area contributed by atoms with Gasteiger partial charge >= 0.3 is 6.18 Å². The van der Waals surface area contributed by atoms with E-state index in [0.717, 1.165) is 35.2 Å². The molecule has 6 nitrogen and oxygen atoms in total. The lowest BCUT2D eigenvalue weighted by Gasteiger charge is -2.20. The Bertz CT molecular complexity index is 1360. The first kappa shape index (κ1) is 25.2. The van der Waals surface area contributed by atoms with Gasteiger partial charge in [0.2, 0.25) is 0 Å². The number of benzene rings is 2. The van der Waals surface area contributed by atoms with Crippen molar-refractivity contribution in [3.8, 4) is 5.69 Å². The summed E-state index contributed by atoms with van der Waals surface area (Å²) in [7, 11) is 0. The largest absolute Gasteiger partial charge is 0.435 e. The fourth-order valence-corrected chi connectivity index (χ4v) is 4.21. The van der Waals surface area contributed by atoms with Crippen molar-refractivity contribution in [1.29, 1.82) is 0 Å². The molecule has 1 N–H and O–H groups in total. The van der Waals surface area contributed by atoms with Crippen molar-refractivity contribution in [3.05, 3.63) is 101 Å². The number of alkyl halides is 3. The van der Waals surface area contributed by atoms with E-state index in [1.54, 1.807) is 17.8 Å². The highest BCUT2D eigenvalue weighted by Gasteiger charge is 2.37. The lowest BCUT2D eigenvalue weighted by Crippen LogP contribution is -2.13. The van der Waals surface area contributed by atoms with Gasteiger partial charge in [0.15, 0.2) is 5.69 Å². The van der Waals surface area contributed by atoms with Gasteiger partial charge in [0.1, 0.15) is 11.9 Å². The summed E-state index contributed by atoms with van der Waals surface area (Å²) in [4.78, 5) is 0. The molecule has 1 saturated carbocycles. The van der Waals surface area contributed by atoms with Gasteiger partial charge < -0.3 is 9.84 Å². The predicted molar refractivity (Wildman–Crippen MR) is 127 cm³/mol. The predicted octanol–water partition coefficient (Wildman–Crippen LogP) is 6.00. The summed E-state index contributed by atoms with van der Waals surface area (Å²) in [5.74, 6) is -0.0352. The first-order chi connectivity index (χ1) is 17.7. The zero-order valence-corrected chi connectivity index (χ0v) is 20.1. The molecule has 2 heterocycles. The quantitative estimate of drug-likeness (QED) is 0.279. The second-order valence-electron chi connectivity index (χ2n) is 9.35. The molecule has 2 aromatic carbocycles. The highest BCUT2D eigenvalue weighted by Crippen LogP contribution is 2.36. The molecule has 2 aromatic heterocycles. The van der Waals surface area contributed by atoms with E-state index in [9.17, 15) is 22.7 Å². The minimum atomic E-state index is -4.74. The van der Waals surface area contributed by atoms with E-state index < -0.39 is 29.9 Å². The van der Waals surface area contributed by atoms with Crippen molar-refractivity contribution < 1.29 is 27.4 Å². The standard InChI is InChI=1S/C27H26F4N4O2/c1-17(37-16-19-5-3-2-4-6-19)22-11-21(28)9-10-23(22)35-24(12-25(33-35)27(29,30)31)26(36)20-13-32-34(15-20)14-18-7-8-18/h2-6,9-13,15,17-18,26,36H,7-8,14,16H2,1H3/t17-,26?/m1/s1. The Balaban J connectivity index is 1.51. The summed E-state index contributed by atoms with van der Waals surface area (Å²) < 4.78 is 64.0. The molecule has 194 valence electrons. The van der Waals surface area contributed by atoms with Crippen LogP contribution < -0.4 is 0 Å².